The number of aromatic nitrogens is 4. The quantitative estimate of drug-likeness (QED) is 0.488. The van der Waals surface area contributed by atoms with E-state index in [1.807, 2.05) is 60.3 Å². The van der Waals surface area contributed by atoms with E-state index in [-0.39, 0.29) is 5.56 Å². The molecule has 182 valence electrons. The Bertz CT molecular complexity index is 1290. The van der Waals surface area contributed by atoms with Gasteiger partial charge in [0.05, 0.1) is 24.5 Å². The fourth-order valence-electron chi connectivity index (χ4n) is 4.01. The zero-order chi connectivity index (χ0) is 24.8. The van der Waals surface area contributed by atoms with Crippen LogP contribution in [0.25, 0.3) is 11.3 Å². The summed E-state index contributed by atoms with van der Waals surface area (Å²) in [6, 6.07) is 11.4. The first kappa shape index (κ1) is 24.2. The summed E-state index contributed by atoms with van der Waals surface area (Å²) in [6.45, 7) is 6.49. The molecule has 0 bridgehead atoms. The summed E-state index contributed by atoms with van der Waals surface area (Å²) in [6.07, 6.45) is 9.22. The second-order valence-electron chi connectivity index (χ2n) is 8.80. The summed E-state index contributed by atoms with van der Waals surface area (Å²) in [5, 5.41) is 12.3. The molecule has 0 amide bonds. The minimum Gasteiger partial charge on any atom is -0.404 e. The van der Waals surface area contributed by atoms with Crippen LogP contribution < -0.4 is 21.5 Å². The zero-order valence-corrected chi connectivity index (χ0v) is 20.3. The van der Waals surface area contributed by atoms with Crippen LogP contribution in [0, 0.1) is 0 Å². The maximum absolute atomic E-state index is 12.3. The Hall–Kier alpha value is -3.98. The zero-order valence-electron chi connectivity index (χ0n) is 20.3. The van der Waals surface area contributed by atoms with Crippen LogP contribution in [0.3, 0.4) is 0 Å². The average molecular weight is 473 g/mol. The molecule has 1 saturated heterocycles. The van der Waals surface area contributed by atoms with Crippen LogP contribution in [0.2, 0.25) is 0 Å². The number of nitrogens with one attached hydrogen (secondary N) is 1. The van der Waals surface area contributed by atoms with Gasteiger partial charge in [-0.25, -0.2) is 4.68 Å². The molecule has 0 unspecified atom stereocenters. The standard InChI is InChI=1S/C26H32N8O/c1-19(29-15-22(14-27)23-16-30-33(18-23)24-9-11-28-12-10-24)21-6-4-5-20(13-21)17-34-26(35)8-7-25(31-34)32(2)3/h4-8,13-16,18,24,28H,1,9-12,17,27H2,2-3H3/b22-14+,29-15-. The topological polar surface area (TPSA) is 106 Å². The van der Waals surface area contributed by atoms with E-state index in [0.29, 0.717) is 18.3 Å². The number of allylic oxidation sites excluding steroid dienone is 1. The van der Waals surface area contributed by atoms with E-state index in [9.17, 15) is 4.79 Å². The molecule has 0 radical (unpaired) electrons. The first-order chi connectivity index (χ1) is 16.9. The third-order valence-electron chi connectivity index (χ3n) is 6.06. The number of benzene rings is 1. The molecule has 3 heterocycles. The van der Waals surface area contributed by atoms with Gasteiger partial charge < -0.3 is 16.0 Å². The summed E-state index contributed by atoms with van der Waals surface area (Å²) in [7, 11) is 3.78. The number of hydrogen-bond acceptors (Lipinski definition) is 7. The van der Waals surface area contributed by atoms with Crippen LogP contribution in [0.15, 0.2) is 71.4 Å². The Morgan fingerprint density at radius 1 is 1.26 bits per heavy atom. The highest BCUT2D eigenvalue weighted by Crippen LogP contribution is 2.21. The molecule has 3 N–H and O–H groups in total. The third kappa shape index (κ3) is 5.93. The molecule has 0 spiro atoms. The van der Waals surface area contributed by atoms with E-state index >= 15 is 0 Å². The largest absolute Gasteiger partial charge is 0.404 e. The maximum Gasteiger partial charge on any atom is 0.267 e. The van der Waals surface area contributed by atoms with Crippen LogP contribution in [-0.4, -0.2) is 53.0 Å². The molecule has 0 saturated carbocycles. The number of aliphatic imine (C=N–C) groups is 1. The highest BCUT2D eigenvalue weighted by Gasteiger charge is 2.16. The Balaban J connectivity index is 1.47. The number of hydrogen-bond donors (Lipinski definition) is 2. The van der Waals surface area contributed by atoms with Crippen molar-refractivity contribution in [1.29, 1.82) is 0 Å². The number of nitrogens with zero attached hydrogens (tertiary/aromatic N) is 6. The monoisotopic (exact) mass is 472 g/mol. The van der Waals surface area contributed by atoms with Gasteiger partial charge in [0.1, 0.15) is 5.82 Å². The molecule has 1 fully saturated rings. The minimum absolute atomic E-state index is 0.152. The Labute approximate surface area is 205 Å². The van der Waals surface area contributed by atoms with Crippen molar-refractivity contribution in [2.24, 2.45) is 10.7 Å². The smallest absolute Gasteiger partial charge is 0.267 e. The fraction of sp³-hybridized carbons (Fsp3) is 0.308. The highest BCUT2D eigenvalue weighted by molar-refractivity contribution is 6.10. The lowest BCUT2D eigenvalue weighted by Gasteiger charge is -2.22. The Morgan fingerprint density at radius 2 is 2.06 bits per heavy atom. The lowest BCUT2D eigenvalue weighted by molar-refractivity contribution is 0.343. The van der Waals surface area contributed by atoms with Crippen LogP contribution in [-0.2, 0) is 6.54 Å². The van der Waals surface area contributed by atoms with Gasteiger partial charge in [0.2, 0.25) is 0 Å². The van der Waals surface area contributed by atoms with E-state index in [0.717, 1.165) is 54.0 Å². The minimum atomic E-state index is -0.152. The lowest BCUT2D eigenvalue weighted by Crippen LogP contribution is -2.29. The molecular weight excluding hydrogens is 440 g/mol. The van der Waals surface area contributed by atoms with Crippen LogP contribution >= 0.6 is 0 Å². The van der Waals surface area contributed by atoms with Gasteiger partial charge in [-0.05, 0) is 49.2 Å². The summed E-state index contributed by atoms with van der Waals surface area (Å²) in [5.41, 5.74) is 9.83. The predicted molar refractivity (Wildman–Crippen MR) is 141 cm³/mol. The van der Waals surface area contributed by atoms with Crippen molar-refractivity contribution in [3.63, 3.8) is 0 Å². The second-order valence-corrected chi connectivity index (χ2v) is 8.80. The van der Waals surface area contributed by atoms with Gasteiger partial charge in [-0.1, -0.05) is 24.8 Å². The van der Waals surface area contributed by atoms with Gasteiger partial charge in [0, 0.05) is 49.9 Å². The molecule has 35 heavy (non-hydrogen) atoms. The van der Waals surface area contributed by atoms with Crippen LogP contribution in [0.5, 0.6) is 0 Å². The molecule has 1 aliphatic heterocycles. The van der Waals surface area contributed by atoms with E-state index < -0.39 is 0 Å². The highest BCUT2D eigenvalue weighted by atomic mass is 16.1. The molecule has 3 aromatic rings. The van der Waals surface area contributed by atoms with Gasteiger partial charge in [0.15, 0.2) is 0 Å². The number of piperidine rings is 1. The van der Waals surface area contributed by atoms with E-state index in [2.05, 4.69) is 27.1 Å². The van der Waals surface area contributed by atoms with Gasteiger partial charge in [-0.2, -0.15) is 10.2 Å². The summed E-state index contributed by atoms with van der Waals surface area (Å²) >= 11 is 0. The molecule has 1 aliphatic rings. The molecular formula is C26H32N8O. The Morgan fingerprint density at radius 3 is 2.80 bits per heavy atom. The molecule has 9 heteroatoms. The summed E-state index contributed by atoms with van der Waals surface area (Å²) in [5.74, 6) is 0.722. The van der Waals surface area contributed by atoms with Gasteiger partial charge in [-0.15, -0.1) is 0 Å². The summed E-state index contributed by atoms with van der Waals surface area (Å²) in [4.78, 5) is 18.7. The lowest BCUT2D eigenvalue weighted by atomic mass is 10.1. The van der Waals surface area contributed by atoms with E-state index in [1.165, 1.54) is 16.9 Å². The number of rotatable bonds is 8. The normalized spacial score (nSPS) is 15.0. The first-order valence-corrected chi connectivity index (χ1v) is 11.7. The molecule has 1 aromatic carbocycles. The van der Waals surface area contributed by atoms with Gasteiger partial charge in [0.25, 0.3) is 5.56 Å². The third-order valence-corrected chi connectivity index (χ3v) is 6.06. The van der Waals surface area contributed by atoms with Crippen molar-refractivity contribution in [3.8, 4) is 0 Å². The fourth-order valence-corrected chi connectivity index (χ4v) is 4.01. The van der Waals surface area contributed by atoms with Gasteiger partial charge >= 0.3 is 0 Å². The van der Waals surface area contributed by atoms with E-state index in [4.69, 9.17) is 5.73 Å². The molecule has 4 rings (SSSR count). The summed E-state index contributed by atoms with van der Waals surface area (Å²) < 4.78 is 3.48. The predicted octanol–water partition coefficient (Wildman–Crippen LogP) is 2.52. The number of anilines is 1. The molecule has 0 atom stereocenters. The van der Waals surface area contributed by atoms with Crippen molar-refractivity contribution in [1.82, 2.24) is 24.9 Å². The van der Waals surface area contributed by atoms with Crippen molar-refractivity contribution in [2.75, 3.05) is 32.1 Å². The molecule has 2 aromatic heterocycles. The average Bonchev–Trinajstić information content (AvgIpc) is 3.36. The van der Waals surface area contributed by atoms with Gasteiger partial charge in [-0.3, -0.25) is 14.5 Å². The SMILES string of the molecule is C=C(/N=C\C(=C/N)c1cnn(C2CCNCC2)c1)c1cccc(Cn2nc(N(C)C)ccc2=O)c1. The van der Waals surface area contributed by atoms with Crippen molar-refractivity contribution < 1.29 is 0 Å². The van der Waals surface area contributed by atoms with Crippen molar-refractivity contribution in [2.45, 2.75) is 25.4 Å². The van der Waals surface area contributed by atoms with Crippen molar-refractivity contribution in [3.05, 3.63) is 88.6 Å². The molecule has 9 nitrogen and oxygen atoms in total. The van der Waals surface area contributed by atoms with Crippen molar-refractivity contribution >= 4 is 23.3 Å². The maximum atomic E-state index is 12.3. The van der Waals surface area contributed by atoms with E-state index in [1.54, 1.807) is 12.3 Å². The van der Waals surface area contributed by atoms with Crippen LogP contribution in [0.1, 0.15) is 35.6 Å². The van der Waals surface area contributed by atoms with Crippen LogP contribution in [0.4, 0.5) is 5.82 Å². The number of nitrogens with two attached hydrogens (primary N) is 1. The second kappa shape index (κ2) is 11.0. The molecule has 0 aliphatic carbocycles. The Kier molecular flexibility index (Phi) is 7.57. The first-order valence-electron chi connectivity index (χ1n) is 11.7.